The molecule has 24 heavy (non-hydrogen) atoms. The first kappa shape index (κ1) is 16.4. The van der Waals surface area contributed by atoms with Crippen LogP contribution in [-0.2, 0) is 0 Å². The second kappa shape index (κ2) is 6.56. The summed E-state index contributed by atoms with van der Waals surface area (Å²) < 4.78 is 27.1. The highest BCUT2D eigenvalue weighted by atomic mass is 32.1. The van der Waals surface area contributed by atoms with Crippen LogP contribution in [0.25, 0.3) is 0 Å². The minimum absolute atomic E-state index is 0.110. The molecule has 1 aromatic carbocycles. The van der Waals surface area contributed by atoms with Crippen LogP contribution in [0.5, 0.6) is 0 Å². The van der Waals surface area contributed by atoms with Gasteiger partial charge < -0.3 is 14.9 Å². The molecule has 0 radical (unpaired) electrons. The van der Waals surface area contributed by atoms with E-state index in [1.165, 1.54) is 12.1 Å². The quantitative estimate of drug-likeness (QED) is 0.923. The van der Waals surface area contributed by atoms with Crippen molar-refractivity contribution in [3.63, 3.8) is 0 Å². The Morgan fingerprint density at radius 1 is 1.00 bits per heavy atom. The summed E-state index contributed by atoms with van der Waals surface area (Å²) in [6.45, 7) is 1.47. The van der Waals surface area contributed by atoms with Crippen LogP contribution in [0.2, 0.25) is 0 Å². The average molecular weight is 352 g/mol. The zero-order valence-electron chi connectivity index (χ0n) is 12.5. The molecule has 1 fully saturated rings. The summed E-state index contributed by atoms with van der Waals surface area (Å²) >= 11 is 0.930. The second-order valence-corrected chi connectivity index (χ2v) is 6.43. The number of amides is 1. The van der Waals surface area contributed by atoms with Crippen LogP contribution >= 0.6 is 11.3 Å². The Hall–Kier alpha value is -2.48. The summed E-state index contributed by atoms with van der Waals surface area (Å²) in [6.07, 6.45) is 0. The van der Waals surface area contributed by atoms with Crippen LogP contribution in [0.4, 0.5) is 14.5 Å². The van der Waals surface area contributed by atoms with Gasteiger partial charge in [0.05, 0.1) is 10.6 Å². The van der Waals surface area contributed by atoms with E-state index < -0.39 is 17.6 Å². The van der Waals surface area contributed by atoms with Gasteiger partial charge in [-0.15, -0.1) is 11.3 Å². The van der Waals surface area contributed by atoms with Crippen LogP contribution in [0.3, 0.4) is 0 Å². The van der Waals surface area contributed by atoms with Gasteiger partial charge in [-0.3, -0.25) is 4.79 Å². The van der Waals surface area contributed by atoms with Crippen molar-refractivity contribution in [2.24, 2.45) is 0 Å². The summed E-state index contributed by atoms with van der Waals surface area (Å²) in [4.78, 5) is 27.0. The predicted octanol–water partition coefficient (Wildman–Crippen LogP) is 2.69. The highest BCUT2D eigenvalue weighted by Crippen LogP contribution is 2.23. The van der Waals surface area contributed by atoms with Gasteiger partial charge in [0.1, 0.15) is 16.5 Å². The van der Waals surface area contributed by atoms with Gasteiger partial charge in [-0.05, 0) is 24.3 Å². The molecule has 1 aromatic heterocycles. The topological polar surface area (TPSA) is 60.9 Å². The second-order valence-electron chi connectivity index (χ2n) is 5.34. The standard InChI is InChI=1S/C16H14F2N2O3S/c17-10-1-2-11(18)12(9-10)19-5-7-20(8-6-19)15(21)13-3-4-14(24-13)16(22)23/h1-4,9H,5-8H2,(H,22,23). The van der Waals surface area contributed by atoms with E-state index in [2.05, 4.69) is 0 Å². The summed E-state index contributed by atoms with van der Waals surface area (Å²) in [5.41, 5.74) is 0.186. The molecular weight excluding hydrogens is 338 g/mol. The van der Waals surface area contributed by atoms with Gasteiger partial charge in [-0.1, -0.05) is 0 Å². The number of aromatic carboxylic acids is 1. The summed E-state index contributed by atoms with van der Waals surface area (Å²) in [6, 6.07) is 6.19. The van der Waals surface area contributed by atoms with Crippen molar-refractivity contribution in [1.29, 1.82) is 0 Å². The number of carboxylic acids is 1. The van der Waals surface area contributed by atoms with Crippen molar-refractivity contribution in [3.8, 4) is 0 Å². The van der Waals surface area contributed by atoms with Gasteiger partial charge in [-0.2, -0.15) is 0 Å². The van der Waals surface area contributed by atoms with E-state index in [1.807, 2.05) is 0 Å². The van der Waals surface area contributed by atoms with Gasteiger partial charge >= 0.3 is 5.97 Å². The van der Waals surface area contributed by atoms with Crippen molar-refractivity contribution in [3.05, 3.63) is 51.7 Å². The molecule has 1 amide bonds. The lowest BCUT2D eigenvalue weighted by Crippen LogP contribution is -2.48. The van der Waals surface area contributed by atoms with Crippen LogP contribution < -0.4 is 4.90 Å². The average Bonchev–Trinajstić information content (AvgIpc) is 3.07. The number of nitrogens with zero attached hydrogens (tertiary/aromatic N) is 2. The molecular formula is C16H14F2N2O3S. The smallest absolute Gasteiger partial charge is 0.345 e. The first-order valence-electron chi connectivity index (χ1n) is 7.28. The molecule has 1 aliphatic rings. The summed E-state index contributed by atoms with van der Waals surface area (Å²) in [5, 5.41) is 8.91. The third-order valence-electron chi connectivity index (χ3n) is 3.84. The molecule has 126 valence electrons. The maximum absolute atomic E-state index is 13.8. The van der Waals surface area contributed by atoms with E-state index >= 15 is 0 Å². The third kappa shape index (κ3) is 3.23. The number of carbonyl (C=O) groups excluding carboxylic acids is 1. The highest BCUT2D eigenvalue weighted by Gasteiger charge is 2.25. The minimum atomic E-state index is -1.06. The molecule has 0 unspecified atom stereocenters. The number of rotatable bonds is 3. The van der Waals surface area contributed by atoms with Crippen molar-refractivity contribution in [1.82, 2.24) is 4.90 Å². The van der Waals surface area contributed by atoms with E-state index in [-0.39, 0.29) is 16.5 Å². The minimum Gasteiger partial charge on any atom is -0.477 e. The van der Waals surface area contributed by atoms with Crippen LogP contribution in [0.1, 0.15) is 19.3 Å². The first-order valence-corrected chi connectivity index (χ1v) is 8.10. The molecule has 1 saturated heterocycles. The number of thiophene rings is 1. The Labute approximate surface area is 140 Å². The van der Waals surface area contributed by atoms with Gasteiger partial charge in [0.25, 0.3) is 5.91 Å². The molecule has 0 saturated carbocycles. The number of hydrogen-bond donors (Lipinski definition) is 1. The molecule has 1 N–H and O–H groups in total. The fraction of sp³-hybridized carbons (Fsp3) is 0.250. The Kier molecular flexibility index (Phi) is 4.48. The zero-order valence-corrected chi connectivity index (χ0v) is 13.4. The Morgan fingerprint density at radius 2 is 1.67 bits per heavy atom. The van der Waals surface area contributed by atoms with Gasteiger partial charge in [-0.25, -0.2) is 13.6 Å². The van der Waals surface area contributed by atoms with Crippen LogP contribution in [-0.4, -0.2) is 48.1 Å². The maximum Gasteiger partial charge on any atom is 0.345 e. The fourth-order valence-corrected chi connectivity index (χ4v) is 3.42. The highest BCUT2D eigenvalue weighted by molar-refractivity contribution is 7.15. The summed E-state index contributed by atoms with van der Waals surface area (Å²) in [7, 11) is 0. The van der Waals surface area contributed by atoms with Crippen molar-refractivity contribution >= 4 is 28.9 Å². The SMILES string of the molecule is O=C(O)c1ccc(C(=O)N2CCN(c3cc(F)ccc3F)CC2)s1. The van der Waals surface area contributed by atoms with E-state index in [4.69, 9.17) is 5.11 Å². The molecule has 2 aromatic rings. The molecule has 2 heterocycles. The molecule has 0 aliphatic carbocycles. The number of benzene rings is 1. The Bertz CT molecular complexity index is 785. The van der Waals surface area contributed by atoms with Crippen LogP contribution in [0.15, 0.2) is 30.3 Å². The fourth-order valence-electron chi connectivity index (χ4n) is 2.60. The number of halogens is 2. The molecule has 1 aliphatic heterocycles. The zero-order chi connectivity index (χ0) is 17.3. The lowest BCUT2D eigenvalue weighted by Gasteiger charge is -2.36. The molecule has 3 rings (SSSR count). The van der Waals surface area contributed by atoms with Crippen molar-refractivity contribution < 1.29 is 23.5 Å². The number of anilines is 1. The monoisotopic (exact) mass is 352 g/mol. The molecule has 5 nitrogen and oxygen atoms in total. The largest absolute Gasteiger partial charge is 0.477 e. The molecule has 0 atom stereocenters. The Morgan fingerprint density at radius 3 is 2.29 bits per heavy atom. The van der Waals surface area contributed by atoms with E-state index in [9.17, 15) is 18.4 Å². The van der Waals surface area contributed by atoms with Crippen LogP contribution in [0, 0.1) is 11.6 Å². The maximum atomic E-state index is 13.8. The first-order chi connectivity index (χ1) is 11.5. The number of piperazine rings is 1. The molecule has 0 spiro atoms. The molecule has 0 bridgehead atoms. The lowest BCUT2D eigenvalue weighted by molar-refractivity contribution is 0.0701. The van der Waals surface area contributed by atoms with Crippen molar-refractivity contribution in [2.75, 3.05) is 31.1 Å². The third-order valence-corrected chi connectivity index (χ3v) is 4.90. The van der Waals surface area contributed by atoms with Crippen molar-refractivity contribution in [2.45, 2.75) is 0 Å². The van der Waals surface area contributed by atoms with Gasteiger partial charge in [0, 0.05) is 32.2 Å². The number of carbonyl (C=O) groups is 2. The van der Waals surface area contributed by atoms with E-state index in [0.29, 0.717) is 31.1 Å². The predicted molar refractivity (Wildman–Crippen MR) is 85.8 cm³/mol. The number of carboxylic acid groups (broad SMARTS) is 1. The lowest BCUT2D eigenvalue weighted by atomic mass is 10.2. The van der Waals surface area contributed by atoms with Gasteiger partial charge in [0.15, 0.2) is 0 Å². The number of hydrogen-bond acceptors (Lipinski definition) is 4. The van der Waals surface area contributed by atoms with E-state index in [0.717, 1.165) is 29.5 Å². The normalized spacial score (nSPS) is 14.8. The molecule has 8 heteroatoms. The van der Waals surface area contributed by atoms with E-state index in [1.54, 1.807) is 9.80 Å². The van der Waals surface area contributed by atoms with Gasteiger partial charge in [0.2, 0.25) is 0 Å². The Balaban J connectivity index is 1.67. The summed E-state index contributed by atoms with van der Waals surface area (Å²) in [5.74, 6) is -2.32.